The van der Waals surface area contributed by atoms with Crippen LogP contribution >= 0.6 is 7.36 Å². The number of hydrogen-bond acceptors (Lipinski definition) is 3. The highest BCUT2D eigenvalue weighted by atomic mass is 32.5. The average Bonchev–Trinajstić information content (AvgIpc) is 2.27. The van der Waals surface area contributed by atoms with Crippen LogP contribution in [-0.4, -0.2) is 10.9 Å². The van der Waals surface area contributed by atoms with E-state index in [-0.39, 0.29) is 0 Å². The van der Waals surface area contributed by atoms with Gasteiger partial charge in [0.15, 0.2) is 11.5 Å². The molecule has 1 aliphatic heterocycles. The van der Waals surface area contributed by atoms with Crippen molar-refractivity contribution in [1.82, 2.24) is 0 Å². The predicted octanol–water partition coefficient (Wildman–Crippen LogP) is 2.28. The summed E-state index contributed by atoms with van der Waals surface area (Å²) in [5.74, 6) is 1.37. The zero-order chi connectivity index (χ0) is 8.48. The Morgan fingerprint density at radius 3 is 2.45 bits per heavy atom. The summed E-state index contributed by atoms with van der Waals surface area (Å²) >= 11 is 0. The highest BCUT2D eigenvalue weighted by molar-refractivity contribution is 8.19. The maximum Gasteiger partial charge on any atom is 0.312 e. The summed E-state index contributed by atoms with van der Waals surface area (Å²) in [4.78, 5) is 0. The lowest BCUT2D eigenvalue weighted by atomic mass is 10.3. The van der Waals surface area contributed by atoms with E-state index in [1.54, 1.807) is 13.6 Å². The fraction of sp³-hybridized carbons (Fsp3) is 0.667. The Morgan fingerprint density at radius 2 is 2.18 bits per heavy atom. The van der Waals surface area contributed by atoms with Crippen molar-refractivity contribution in [1.29, 1.82) is 0 Å². The lowest BCUT2D eigenvalue weighted by Gasteiger charge is -2.00. The smallest absolute Gasteiger partial charge is 0.312 e. The fourth-order valence-corrected chi connectivity index (χ4v) is 2.92. The molecule has 11 heavy (non-hydrogen) atoms. The summed E-state index contributed by atoms with van der Waals surface area (Å²) in [6.45, 7) is 5.48. The van der Waals surface area contributed by atoms with Crippen LogP contribution in [-0.2, 0) is 18.0 Å². The van der Waals surface area contributed by atoms with Crippen molar-refractivity contribution in [2.45, 2.75) is 20.3 Å². The summed E-state index contributed by atoms with van der Waals surface area (Å²) in [7, 11) is -1.86. The van der Waals surface area contributed by atoms with E-state index in [1.807, 2.05) is 6.92 Å². The Balaban J connectivity index is 2.93. The predicted molar refractivity (Wildman–Crippen MR) is 46.1 cm³/mol. The van der Waals surface area contributed by atoms with Gasteiger partial charge in [0.25, 0.3) is 0 Å². The van der Waals surface area contributed by atoms with Crippen LogP contribution < -0.4 is 0 Å². The van der Waals surface area contributed by atoms with Crippen LogP contribution in [0, 0.1) is 0 Å². The normalized spacial score (nSPS) is 30.5. The number of allylic oxidation sites excluding steroid dienone is 2. The Morgan fingerprint density at radius 1 is 1.55 bits per heavy atom. The maximum absolute atomic E-state index is 11.4. The minimum absolute atomic E-state index is 0.640. The summed E-state index contributed by atoms with van der Waals surface area (Å²) in [6, 6.07) is 0. The van der Waals surface area contributed by atoms with E-state index >= 15 is 0 Å². The molecule has 0 radical (unpaired) electrons. The van der Waals surface area contributed by atoms with Crippen molar-refractivity contribution < 1.29 is 12.6 Å². The molecule has 0 fully saturated rings. The van der Waals surface area contributed by atoms with E-state index in [0.717, 1.165) is 6.42 Å². The molecule has 0 saturated heterocycles. The molecule has 1 aliphatic rings. The third kappa shape index (κ3) is 1.68. The third-order valence-electron chi connectivity index (χ3n) is 1.37. The molecule has 5 heteroatoms. The molecule has 1 rings (SSSR count). The van der Waals surface area contributed by atoms with Gasteiger partial charge in [-0.3, -0.25) is 0 Å². The molecule has 0 aromatic carbocycles. The second-order valence-corrected chi connectivity index (χ2v) is 6.10. The van der Waals surface area contributed by atoms with Gasteiger partial charge in [-0.25, -0.2) is 0 Å². The highest BCUT2D eigenvalue weighted by Crippen LogP contribution is 2.30. The Kier molecular flexibility index (Phi) is 2.45. The molecule has 0 saturated carbocycles. The minimum Gasteiger partial charge on any atom is -0.380 e. The topological polar surface area (TPSA) is 35.5 Å². The maximum atomic E-state index is 11.4. The quantitative estimate of drug-likeness (QED) is 0.601. The molecule has 0 spiro atoms. The Bertz CT molecular complexity index is 299. The van der Waals surface area contributed by atoms with Gasteiger partial charge in [0.1, 0.15) is 0 Å². The molecule has 64 valence electrons. The number of rotatable bonds is 1. The molecule has 0 aromatic rings. The molecule has 0 amide bonds. The highest BCUT2D eigenvalue weighted by Gasteiger charge is 2.23. The van der Waals surface area contributed by atoms with Crippen molar-refractivity contribution in [3.8, 4) is 0 Å². The van der Waals surface area contributed by atoms with Crippen molar-refractivity contribution in [3.63, 3.8) is 0 Å². The van der Waals surface area contributed by atoms with Crippen LogP contribution in [0.3, 0.4) is 0 Å². The fourth-order valence-electron chi connectivity index (χ4n) is 0.790. The first-order chi connectivity index (χ1) is 5.11. The summed E-state index contributed by atoms with van der Waals surface area (Å²) < 4.78 is 21.6. The second-order valence-electron chi connectivity index (χ2n) is 2.11. The molecule has 3 nitrogen and oxygen atoms in total. The van der Waals surface area contributed by atoms with Gasteiger partial charge in [-0.15, -0.1) is 0 Å². The molecule has 0 aliphatic carbocycles. The van der Waals surface area contributed by atoms with E-state index in [0.29, 0.717) is 18.9 Å². The second kappa shape index (κ2) is 3.03. The lowest BCUT2D eigenvalue weighted by Crippen LogP contribution is -1.94. The van der Waals surface area contributed by atoms with Crippen LogP contribution in [0.4, 0.5) is 0 Å². The first kappa shape index (κ1) is 8.88. The minimum atomic E-state index is -2.50. The zero-order valence-electron chi connectivity index (χ0n) is 6.79. The van der Waals surface area contributed by atoms with Crippen molar-refractivity contribution in [3.05, 3.63) is 11.5 Å². The van der Waals surface area contributed by atoms with E-state index in [2.05, 4.69) is 0 Å². The van der Waals surface area contributed by atoms with Crippen LogP contribution in [0.25, 0.3) is 0 Å². The molecule has 1 atom stereocenters. The Labute approximate surface area is 68.7 Å². The SMILES string of the molecule is CCC1=C(C)OS(=O)(=PC)O1. The van der Waals surface area contributed by atoms with Gasteiger partial charge < -0.3 is 8.37 Å². The molecule has 1 heterocycles. The molecule has 1 unspecified atom stereocenters. The molecule has 0 N–H and O–H groups in total. The first-order valence-corrected chi connectivity index (χ1v) is 6.70. The monoisotopic (exact) mass is 194 g/mol. The van der Waals surface area contributed by atoms with Crippen molar-refractivity contribution in [2.24, 2.45) is 0 Å². The van der Waals surface area contributed by atoms with Gasteiger partial charge in [-0.1, -0.05) is 6.92 Å². The van der Waals surface area contributed by atoms with Gasteiger partial charge >= 0.3 is 9.67 Å². The van der Waals surface area contributed by atoms with E-state index in [9.17, 15) is 4.21 Å². The Hall–Kier alpha value is -0.210. The van der Waals surface area contributed by atoms with E-state index in [1.165, 1.54) is 0 Å². The largest absolute Gasteiger partial charge is 0.380 e. The third-order valence-corrected chi connectivity index (χ3v) is 4.48. The van der Waals surface area contributed by atoms with Crippen LogP contribution in [0.1, 0.15) is 20.3 Å². The van der Waals surface area contributed by atoms with Gasteiger partial charge in [0.2, 0.25) is 0 Å². The van der Waals surface area contributed by atoms with Crippen LogP contribution in [0.2, 0.25) is 0 Å². The standard InChI is InChI=1S/C6H11O3PS/c1-4-6-5(2)8-11(7,9-6)10-3/h4H2,1-3H3. The van der Waals surface area contributed by atoms with Crippen molar-refractivity contribution in [2.75, 3.05) is 6.66 Å². The van der Waals surface area contributed by atoms with E-state index in [4.69, 9.17) is 8.37 Å². The molecular weight excluding hydrogens is 183 g/mol. The van der Waals surface area contributed by atoms with Gasteiger partial charge in [-0.2, -0.15) is 4.21 Å². The number of hydrogen-bond donors (Lipinski definition) is 0. The first-order valence-electron chi connectivity index (χ1n) is 3.35. The van der Waals surface area contributed by atoms with Crippen LogP contribution in [0.15, 0.2) is 11.5 Å². The summed E-state index contributed by atoms with van der Waals surface area (Å²) in [5.41, 5.74) is 0. The van der Waals surface area contributed by atoms with Gasteiger partial charge in [0.05, 0.1) is 0 Å². The molecular formula is C6H11O3PS. The molecule has 0 aromatic heterocycles. The van der Waals surface area contributed by atoms with E-state index < -0.39 is 9.67 Å². The van der Waals surface area contributed by atoms with Crippen LogP contribution in [0.5, 0.6) is 0 Å². The summed E-state index contributed by atoms with van der Waals surface area (Å²) in [5, 5.41) is 0. The van der Waals surface area contributed by atoms with Gasteiger partial charge in [-0.05, 0) is 13.6 Å². The molecule has 0 bridgehead atoms. The average molecular weight is 194 g/mol. The van der Waals surface area contributed by atoms with Crippen molar-refractivity contribution >= 4 is 17.0 Å². The zero-order valence-corrected chi connectivity index (χ0v) is 8.50. The summed E-state index contributed by atoms with van der Waals surface area (Å²) in [6.07, 6.45) is 0.734. The van der Waals surface area contributed by atoms with Gasteiger partial charge in [0, 0.05) is 13.8 Å². The lowest BCUT2D eigenvalue weighted by molar-refractivity contribution is 0.414.